The van der Waals surface area contributed by atoms with Crippen molar-refractivity contribution in [3.05, 3.63) is 35.4 Å². The van der Waals surface area contributed by atoms with Gasteiger partial charge in [-0.15, -0.1) is 0 Å². The predicted molar refractivity (Wildman–Crippen MR) is 73.4 cm³/mol. The van der Waals surface area contributed by atoms with Crippen LogP contribution in [0.1, 0.15) is 37.8 Å². The molecule has 1 rings (SSSR count). The van der Waals surface area contributed by atoms with Crippen molar-refractivity contribution in [3.63, 3.8) is 0 Å². The van der Waals surface area contributed by atoms with Crippen LogP contribution in [-0.2, 0) is 15.1 Å². The summed E-state index contributed by atoms with van der Waals surface area (Å²) in [5.41, 5.74) is 1.82. The maximum absolute atomic E-state index is 10.9. The Morgan fingerprint density at radius 3 is 2.00 bits per heavy atom. The monoisotopic (exact) mass is 320 g/mol. The highest BCUT2D eigenvalue weighted by Gasteiger charge is 2.24. The SMILES string of the molecule is CCC(Br)(CC)c1ccc(CP(=O)(O)O)cc1. The van der Waals surface area contributed by atoms with E-state index in [1.54, 1.807) is 12.1 Å². The van der Waals surface area contributed by atoms with Gasteiger partial charge in [-0.2, -0.15) is 0 Å². The van der Waals surface area contributed by atoms with E-state index in [1.165, 1.54) is 0 Å². The van der Waals surface area contributed by atoms with Gasteiger partial charge in [-0.25, -0.2) is 0 Å². The van der Waals surface area contributed by atoms with E-state index < -0.39 is 7.60 Å². The Morgan fingerprint density at radius 1 is 1.18 bits per heavy atom. The van der Waals surface area contributed by atoms with Crippen molar-refractivity contribution in [1.82, 2.24) is 0 Å². The Hall–Kier alpha value is -0.150. The summed E-state index contributed by atoms with van der Waals surface area (Å²) in [4.78, 5) is 17.8. The molecule has 5 heteroatoms. The summed E-state index contributed by atoms with van der Waals surface area (Å²) in [5, 5.41) is 0. The topological polar surface area (TPSA) is 57.5 Å². The van der Waals surface area contributed by atoms with Crippen molar-refractivity contribution in [2.45, 2.75) is 37.2 Å². The second kappa shape index (κ2) is 5.66. The van der Waals surface area contributed by atoms with Crippen LogP contribution in [0.3, 0.4) is 0 Å². The van der Waals surface area contributed by atoms with E-state index >= 15 is 0 Å². The smallest absolute Gasteiger partial charge is 0.324 e. The first-order chi connectivity index (χ1) is 7.80. The van der Waals surface area contributed by atoms with E-state index in [2.05, 4.69) is 29.8 Å². The zero-order valence-corrected chi connectivity index (χ0v) is 12.5. The van der Waals surface area contributed by atoms with Crippen LogP contribution in [0, 0.1) is 0 Å². The average molecular weight is 321 g/mol. The van der Waals surface area contributed by atoms with Gasteiger partial charge in [-0.05, 0) is 24.0 Å². The summed E-state index contributed by atoms with van der Waals surface area (Å²) in [5.74, 6) is 0. The predicted octanol–water partition coefficient (Wildman–Crippen LogP) is 3.77. The molecule has 1 aromatic carbocycles. The Labute approximate surface area is 111 Å². The van der Waals surface area contributed by atoms with Crippen LogP contribution in [0.15, 0.2) is 24.3 Å². The van der Waals surface area contributed by atoms with Crippen LogP contribution in [0.5, 0.6) is 0 Å². The quantitative estimate of drug-likeness (QED) is 0.641. The summed E-state index contributed by atoms with van der Waals surface area (Å²) < 4.78 is 10.8. The van der Waals surface area contributed by atoms with Crippen LogP contribution in [0.4, 0.5) is 0 Å². The van der Waals surface area contributed by atoms with Gasteiger partial charge in [0.15, 0.2) is 0 Å². The van der Waals surface area contributed by atoms with Crippen molar-refractivity contribution < 1.29 is 14.4 Å². The molecule has 0 fully saturated rings. The number of halogens is 1. The van der Waals surface area contributed by atoms with Crippen LogP contribution in [0.2, 0.25) is 0 Å². The lowest BCUT2D eigenvalue weighted by atomic mass is 9.93. The molecular formula is C12H18BrO3P. The van der Waals surface area contributed by atoms with Crippen molar-refractivity contribution >= 4 is 23.5 Å². The Morgan fingerprint density at radius 2 is 1.65 bits per heavy atom. The van der Waals surface area contributed by atoms with Gasteiger partial charge in [0.25, 0.3) is 0 Å². The standard InChI is InChI=1S/C12H18BrO3P/c1-3-12(13,4-2)11-7-5-10(6-8-11)9-17(14,15)16/h5-8H,3-4,9H2,1-2H3,(H2,14,15,16). The number of rotatable bonds is 5. The summed E-state index contributed by atoms with van der Waals surface area (Å²) in [6.45, 7) is 4.23. The van der Waals surface area contributed by atoms with Gasteiger partial charge in [0.2, 0.25) is 0 Å². The lowest BCUT2D eigenvalue weighted by Crippen LogP contribution is -2.15. The number of alkyl halides is 1. The minimum atomic E-state index is -3.97. The molecule has 0 aromatic heterocycles. The minimum absolute atomic E-state index is 0.0341. The van der Waals surface area contributed by atoms with Crippen molar-refractivity contribution in [2.24, 2.45) is 0 Å². The van der Waals surface area contributed by atoms with Gasteiger partial charge in [-0.3, -0.25) is 4.57 Å². The molecule has 0 amide bonds. The molecule has 0 saturated carbocycles. The second-order valence-electron chi connectivity index (χ2n) is 4.19. The van der Waals surface area contributed by atoms with Crippen LogP contribution in [-0.4, -0.2) is 9.79 Å². The van der Waals surface area contributed by atoms with Crippen LogP contribution in [0.25, 0.3) is 0 Å². The molecule has 0 atom stereocenters. The molecule has 17 heavy (non-hydrogen) atoms. The molecular weight excluding hydrogens is 303 g/mol. The zero-order chi connectivity index (χ0) is 13.1. The average Bonchev–Trinajstić information content (AvgIpc) is 2.27. The van der Waals surface area contributed by atoms with E-state index in [1.807, 2.05) is 12.1 Å². The minimum Gasteiger partial charge on any atom is -0.324 e. The molecule has 3 nitrogen and oxygen atoms in total. The highest BCUT2D eigenvalue weighted by molar-refractivity contribution is 9.09. The first-order valence-corrected chi connectivity index (χ1v) is 8.22. The van der Waals surface area contributed by atoms with E-state index in [-0.39, 0.29) is 10.5 Å². The molecule has 2 N–H and O–H groups in total. The van der Waals surface area contributed by atoms with E-state index in [9.17, 15) is 4.57 Å². The van der Waals surface area contributed by atoms with Crippen molar-refractivity contribution in [1.29, 1.82) is 0 Å². The van der Waals surface area contributed by atoms with Gasteiger partial charge in [0, 0.05) is 0 Å². The molecule has 0 radical (unpaired) electrons. The lowest BCUT2D eigenvalue weighted by molar-refractivity contribution is 0.371. The van der Waals surface area contributed by atoms with Gasteiger partial charge < -0.3 is 9.79 Å². The third kappa shape index (κ3) is 4.22. The van der Waals surface area contributed by atoms with E-state index in [4.69, 9.17) is 9.79 Å². The first-order valence-electron chi connectivity index (χ1n) is 5.63. The molecule has 0 heterocycles. The number of hydrogen-bond donors (Lipinski definition) is 2. The summed E-state index contributed by atoms with van der Waals surface area (Å²) >= 11 is 3.72. The molecule has 0 spiro atoms. The Kier molecular flexibility index (Phi) is 4.96. The first kappa shape index (κ1) is 14.9. The highest BCUT2D eigenvalue weighted by Crippen LogP contribution is 2.41. The van der Waals surface area contributed by atoms with Crippen LogP contribution >= 0.6 is 23.5 Å². The molecule has 0 saturated heterocycles. The van der Waals surface area contributed by atoms with Crippen molar-refractivity contribution in [2.75, 3.05) is 0 Å². The second-order valence-corrected chi connectivity index (χ2v) is 7.36. The molecule has 1 aromatic rings. The largest absolute Gasteiger partial charge is 0.329 e. The number of benzene rings is 1. The fraction of sp³-hybridized carbons (Fsp3) is 0.500. The fourth-order valence-electron chi connectivity index (χ4n) is 1.80. The molecule has 0 aliphatic carbocycles. The van der Waals surface area contributed by atoms with Gasteiger partial charge >= 0.3 is 7.60 Å². The lowest BCUT2D eigenvalue weighted by Gasteiger charge is -2.25. The molecule has 0 bridgehead atoms. The van der Waals surface area contributed by atoms with Gasteiger partial charge in [-0.1, -0.05) is 54.0 Å². The highest BCUT2D eigenvalue weighted by atomic mass is 79.9. The van der Waals surface area contributed by atoms with Crippen molar-refractivity contribution in [3.8, 4) is 0 Å². The third-order valence-electron chi connectivity index (χ3n) is 2.98. The Balaban J connectivity index is 2.92. The maximum Gasteiger partial charge on any atom is 0.329 e. The maximum atomic E-state index is 10.9. The summed E-state index contributed by atoms with van der Waals surface area (Å²) in [6.07, 6.45) is 1.75. The van der Waals surface area contributed by atoms with Gasteiger partial charge in [0.1, 0.15) is 0 Å². The third-order valence-corrected chi connectivity index (χ3v) is 5.34. The molecule has 0 aliphatic rings. The van der Waals surface area contributed by atoms with Crippen LogP contribution < -0.4 is 0 Å². The molecule has 0 aliphatic heterocycles. The van der Waals surface area contributed by atoms with E-state index in [0.29, 0.717) is 5.56 Å². The van der Waals surface area contributed by atoms with Gasteiger partial charge in [0.05, 0.1) is 10.5 Å². The fourth-order valence-corrected chi connectivity index (χ4v) is 2.76. The van der Waals surface area contributed by atoms with E-state index in [0.717, 1.165) is 18.4 Å². The normalized spacial score (nSPS) is 12.8. The molecule has 96 valence electrons. The zero-order valence-electron chi connectivity index (χ0n) is 10.1. The summed E-state index contributed by atoms with van der Waals surface area (Å²) in [7, 11) is -3.97. The Bertz CT molecular complexity index is 406. The summed E-state index contributed by atoms with van der Waals surface area (Å²) in [6, 6.07) is 7.45. The number of hydrogen-bond acceptors (Lipinski definition) is 1. The molecule has 0 unspecified atom stereocenters.